The molecule has 1 N–H and O–H groups in total. The molecule has 0 bridgehead atoms. The highest BCUT2D eigenvalue weighted by atomic mass is 35.5. The van der Waals surface area contributed by atoms with Crippen molar-refractivity contribution in [3.8, 4) is 0 Å². The van der Waals surface area contributed by atoms with E-state index in [0.717, 1.165) is 47.2 Å². The number of benzene rings is 3. The van der Waals surface area contributed by atoms with Crippen molar-refractivity contribution in [1.82, 2.24) is 14.5 Å². The molecule has 0 aromatic heterocycles. The summed E-state index contributed by atoms with van der Waals surface area (Å²) in [5, 5.41) is 5.58. The lowest BCUT2D eigenvalue weighted by atomic mass is 9.95. The largest absolute Gasteiger partial charge is 0.352 e. The minimum atomic E-state index is -3.97. The fourth-order valence-corrected chi connectivity index (χ4v) is 6.48. The molecule has 3 aromatic carbocycles. The first kappa shape index (κ1) is 29.3. The van der Waals surface area contributed by atoms with Crippen molar-refractivity contribution >= 4 is 55.8 Å². The van der Waals surface area contributed by atoms with Crippen LogP contribution in [0.25, 0.3) is 10.8 Å². The highest BCUT2D eigenvalue weighted by Crippen LogP contribution is 2.25. The number of hydrogen-bond donors (Lipinski definition) is 1. The van der Waals surface area contributed by atoms with Crippen LogP contribution < -0.4 is 5.32 Å². The second-order valence-electron chi connectivity index (χ2n) is 10.0. The molecule has 0 unspecified atom stereocenters. The fourth-order valence-electron chi connectivity index (χ4n) is 4.86. The number of carbonyl (C=O) groups excluding carboxylic acids is 2. The summed E-state index contributed by atoms with van der Waals surface area (Å²) in [7, 11) is -2.61. The summed E-state index contributed by atoms with van der Waals surface area (Å²) in [5.41, 5.74) is 0.603. The molecule has 1 aliphatic rings. The van der Waals surface area contributed by atoms with Crippen molar-refractivity contribution in [1.29, 1.82) is 0 Å². The quantitative estimate of drug-likeness (QED) is 0.350. The third-order valence-electron chi connectivity index (χ3n) is 7.26. The molecule has 1 saturated carbocycles. The van der Waals surface area contributed by atoms with Crippen LogP contribution in [0.1, 0.15) is 44.6 Å². The SMILES string of the molecule is C[C@H](C(=O)NC1CCCCC1)N(Cc1ccc(Cl)cc1Cl)C(=O)CN(C)S(=O)(=O)c1ccc2ccccc2c1. The monoisotopic (exact) mass is 589 g/mol. The van der Waals surface area contributed by atoms with Crippen LogP contribution in [0.5, 0.6) is 0 Å². The van der Waals surface area contributed by atoms with E-state index in [1.807, 2.05) is 24.3 Å². The number of carbonyl (C=O) groups is 2. The van der Waals surface area contributed by atoms with Crippen LogP contribution in [-0.4, -0.2) is 55.1 Å². The second kappa shape index (κ2) is 12.7. The standard InChI is InChI=1S/C29H33Cl2N3O4S/c1-20(29(36)32-25-10-4-3-5-11-25)34(18-23-12-14-24(30)17-27(23)31)28(35)19-33(2)39(37,38)26-15-13-21-8-6-7-9-22(21)16-26/h6-9,12-17,20,25H,3-5,10-11,18-19H2,1-2H3,(H,32,36)/t20-/m1/s1. The summed E-state index contributed by atoms with van der Waals surface area (Å²) in [4.78, 5) is 28.3. The molecule has 0 radical (unpaired) electrons. The molecule has 0 heterocycles. The normalized spacial score (nSPS) is 15.3. The predicted octanol–water partition coefficient (Wildman–Crippen LogP) is 5.63. The van der Waals surface area contributed by atoms with Gasteiger partial charge in [-0.25, -0.2) is 8.42 Å². The number of sulfonamides is 1. The topological polar surface area (TPSA) is 86.8 Å². The number of nitrogens with zero attached hydrogens (tertiary/aromatic N) is 2. The second-order valence-corrected chi connectivity index (χ2v) is 12.9. The van der Waals surface area contributed by atoms with Gasteiger partial charge in [0, 0.05) is 29.7 Å². The van der Waals surface area contributed by atoms with Gasteiger partial charge in [-0.3, -0.25) is 9.59 Å². The fraction of sp³-hybridized carbons (Fsp3) is 0.379. The van der Waals surface area contributed by atoms with Crippen LogP contribution in [0.3, 0.4) is 0 Å². The Balaban J connectivity index is 1.56. The lowest BCUT2D eigenvalue weighted by molar-refractivity contribution is -0.141. The summed E-state index contributed by atoms with van der Waals surface area (Å²) in [6.07, 6.45) is 5.07. The first-order chi connectivity index (χ1) is 18.6. The molecule has 0 spiro atoms. The Labute approximate surface area is 240 Å². The number of nitrogens with one attached hydrogen (secondary N) is 1. The van der Waals surface area contributed by atoms with Crippen LogP contribution in [-0.2, 0) is 26.2 Å². The highest BCUT2D eigenvalue weighted by molar-refractivity contribution is 7.89. The van der Waals surface area contributed by atoms with Gasteiger partial charge in [0.25, 0.3) is 0 Å². The van der Waals surface area contributed by atoms with Crippen LogP contribution in [0.2, 0.25) is 10.0 Å². The Bertz CT molecular complexity index is 1460. The molecule has 3 aromatic rings. The molecule has 2 amide bonds. The van der Waals surface area contributed by atoms with Crippen molar-refractivity contribution < 1.29 is 18.0 Å². The van der Waals surface area contributed by atoms with E-state index in [4.69, 9.17) is 23.2 Å². The molecule has 1 atom stereocenters. The van der Waals surface area contributed by atoms with Gasteiger partial charge in [0.2, 0.25) is 21.8 Å². The van der Waals surface area contributed by atoms with Crippen molar-refractivity contribution in [3.05, 3.63) is 76.3 Å². The molecule has 1 fully saturated rings. The minimum Gasteiger partial charge on any atom is -0.352 e. The van der Waals surface area contributed by atoms with E-state index in [0.29, 0.717) is 15.6 Å². The molecule has 10 heteroatoms. The van der Waals surface area contributed by atoms with E-state index in [1.54, 1.807) is 37.3 Å². The zero-order valence-corrected chi connectivity index (χ0v) is 24.4. The van der Waals surface area contributed by atoms with Gasteiger partial charge in [-0.2, -0.15) is 4.31 Å². The number of hydrogen-bond acceptors (Lipinski definition) is 4. The van der Waals surface area contributed by atoms with E-state index >= 15 is 0 Å². The molecule has 1 aliphatic carbocycles. The van der Waals surface area contributed by atoms with Gasteiger partial charge in [0.15, 0.2) is 0 Å². The van der Waals surface area contributed by atoms with Crippen LogP contribution >= 0.6 is 23.2 Å². The van der Waals surface area contributed by atoms with Gasteiger partial charge in [-0.15, -0.1) is 0 Å². The summed E-state index contributed by atoms with van der Waals surface area (Å²) in [6, 6.07) is 16.5. The lowest BCUT2D eigenvalue weighted by Gasteiger charge is -2.32. The van der Waals surface area contributed by atoms with E-state index < -0.39 is 28.5 Å². The zero-order chi connectivity index (χ0) is 28.2. The summed E-state index contributed by atoms with van der Waals surface area (Å²) in [5.74, 6) is -0.792. The third kappa shape index (κ3) is 7.11. The van der Waals surface area contributed by atoms with Gasteiger partial charge in [0.05, 0.1) is 11.4 Å². The van der Waals surface area contributed by atoms with Crippen LogP contribution in [0, 0.1) is 0 Å². The number of amides is 2. The summed E-state index contributed by atoms with van der Waals surface area (Å²) in [6.45, 7) is 1.23. The maximum Gasteiger partial charge on any atom is 0.243 e. The van der Waals surface area contributed by atoms with E-state index in [2.05, 4.69) is 5.32 Å². The van der Waals surface area contributed by atoms with E-state index in [1.165, 1.54) is 18.0 Å². The Kier molecular flexibility index (Phi) is 9.54. The molecule has 7 nitrogen and oxygen atoms in total. The Morgan fingerprint density at radius 3 is 2.36 bits per heavy atom. The van der Waals surface area contributed by atoms with Crippen molar-refractivity contribution in [3.63, 3.8) is 0 Å². The Morgan fingerprint density at radius 1 is 0.974 bits per heavy atom. The number of fused-ring (bicyclic) bond motifs is 1. The maximum atomic E-state index is 13.6. The van der Waals surface area contributed by atoms with E-state index in [-0.39, 0.29) is 23.4 Å². The maximum absolute atomic E-state index is 13.6. The lowest BCUT2D eigenvalue weighted by Crippen LogP contribution is -2.52. The van der Waals surface area contributed by atoms with E-state index in [9.17, 15) is 18.0 Å². The molecule has 208 valence electrons. The first-order valence-corrected chi connectivity index (χ1v) is 15.2. The molecule has 0 aliphatic heterocycles. The predicted molar refractivity (Wildman–Crippen MR) is 155 cm³/mol. The zero-order valence-electron chi connectivity index (χ0n) is 22.1. The molecule has 39 heavy (non-hydrogen) atoms. The van der Waals surface area contributed by atoms with Gasteiger partial charge in [-0.1, -0.05) is 78.9 Å². The molecular weight excluding hydrogens is 557 g/mol. The Hall–Kier alpha value is -2.65. The molecule has 0 saturated heterocycles. The number of likely N-dealkylation sites (N-methyl/N-ethyl adjacent to an activating group) is 1. The van der Waals surface area contributed by atoms with Crippen molar-refractivity contribution in [2.24, 2.45) is 0 Å². The average Bonchev–Trinajstić information content (AvgIpc) is 2.92. The number of halogens is 2. The van der Waals surface area contributed by atoms with Crippen LogP contribution in [0.15, 0.2) is 65.6 Å². The minimum absolute atomic E-state index is 0.0257. The van der Waals surface area contributed by atoms with Gasteiger partial charge >= 0.3 is 0 Å². The smallest absolute Gasteiger partial charge is 0.243 e. The first-order valence-electron chi connectivity index (χ1n) is 13.0. The average molecular weight is 591 g/mol. The van der Waals surface area contributed by atoms with Crippen molar-refractivity contribution in [2.45, 2.75) is 62.6 Å². The summed E-state index contributed by atoms with van der Waals surface area (Å²) < 4.78 is 27.8. The molecule has 4 rings (SSSR count). The third-order valence-corrected chi connectivity index (χ3v) is 9.65. The van der Waals surface area contributed by atoms with Gasteiger partial charge in [0.1, 0.15) is 6.04 Å². The molecular formula is C29H33Cl2N3O4S. The number of rotatable bonds is 9. The van der Waals surface area contributed by atoms with Gasteiger partial charge < -0.3 is 10.2 Å². The Morgan fingerprint density at radius 2 is 1.67 bits per heavy atom. The van der Waals surface area contributed by atoms with Gasteiger partial charge in [-0.05, 0) is 60.4 Å². The highest BCUT2D eigenvalue weighted by Gasteiger charge is 2.31. The van der Waals surface area contributed by atoms with Crippen molar-refractivity contribution in [2.75, 3.05) is 13.6 Å². The van der Waals surface area contributed by atoms with Crippen LogP contribution in [0.4, 0.5) is 0 Å². The summed E-state index contributed by atoms with van der Waals surface area (Å²) >= 11 is 12.4.